The first-order chi connectivity index (χ1) is 36.0. The minimum Gasteiger partial charge on any atom is -0.351 e. The van der Waals surface area contributed by atoms with Gasteiger partial charge in [-0.2, -0.15) is 0 Å². The van der Waals surface area contributed by atoms with Crippen LogP contribution in [0, 0.1) is 10.8 Å². The number of hydrogen-bond donors (Lipinski definition) is 8. The molecule has 76 heavy (non-hydrogen) atoms. The third kappa shape index (κ3) is 15.6. The summed E-state index contributed by atoms with van der Waals surface area (Å²) in [5.41, 5.74) is 9.03. The van der Waals surface area contributed by atoms with Crippen molar-refractivity contribution in [2.24, 2.45) is 16.6 Å². The van der Waals surface area contributed by atoms with Crippen molar-refractivity contribution in [3.8, 4) is 0 Å². The Hall–Kier alpha value is -5.88. The molecule has 2 fully saturated rings. The Kier molecular flexibility index (Phi) is 20.7. The number of hydrogen-bond acceptors (Lipinski definition) is 10. The summed E-state index contributed by atoms with van der Waals surface area (Å²) in [4.78, 5) is 113. The minimum atomic E-state index is -0.961. The maximum atomic E-state index is 14.5. The maximum absolute atomic E-state index is 14.5. The van der Waals surface area contributed by atoms with Crippen LogP contribution in [0.25, 0.3) is 0 Å². The van der Waals surface area contributed by atoms with Crippen molar-refractivity contribution < 1.29 is 38.4 Å². The van der Waals surface area contributed by atoms with E-state index >= 15 is 0 Å². The van der Waals surface area contributed by atoms with Crippen molar-refractivity contribution in [3.05, 3.63) is 70.8 Å². The van der Waals surface area contributed by atoms with Crippen LogP contribution in [0.1, 0.15) is 173 Å². The Morgan fingerprint density at radius 3 is 1.37 bits per heavy atom. The lowest BCUT2D eigenvalue weighted by Gasteiger charge is -2.36. The van der Waals surface area contributed by atoms with Crippen LogP contribution in [0.5, 0.6) is 0 Å². The van der Waals surface area contributed by atoms with Crippen LogP contribution in [-0.4, -0.2) is 126 Å². The summed E-state index contributed by atoms with van der Waals surface area (Å²) in [5.74, 6) is -2.52. The molecule has 2 aromatic rings. The minimum absolute atomic E-state index is 0.108. The van der Waals surface area contributed by atoms with Crippen LogP contribution in [-0.2, 0) is 51.2 Å². The van der Waals surface area contributed by atoms with E-state index in [2.05, 4.69) is 49.4 Å². The quantitative estimate of drug-likeness (QED) is 0.0824. The van der Waals surface area contributed by atoms with Crippen molar-refractivity contribution in [3.63, 3.8) is 0 Å². The largest absolute Gasteiger partial charge is 0.351 e. The molecule has 10 atom stereocenters. The van der Waals surface area contributed by atoms with E-state index in [0.717, 1.165) is 68.9 Å². The second kappa shape index (κ2) is 26.4. The molecule has 2 aliphatic heterocycles. The molecule has 18 heteroatoms. The van der Waals surface area contributed by atoms with Crippen molar-refractivity contribution in [2.45, 2.75) is 212 Å². The van der Waals surface area contributed by atoms with E-state index in [1.54, 1.807) is 20.9 Å². The lowest BCUT2D eigenvalue weighted by molar-refractivity contribution is -0.144. The first-order valence-corrected chi connectivity index (χ1v) is 28.0. The van der Waals surface area contributed by atoms with Gasteiger partial charge >= 0.3 is 0 Å². The van der Waals surface area contributed by atoms with Crippen LogP contribution in [0.4, 0.5) is 0 Å². The van der Waals surface area contributed by atoms with Gasteiger partial charge in [0.25, 0.3) is 0 Å². The van der Waals surface area contributed by atoms with E-state index in [0.29, 0.717) is 12.8 Å². The smallest absolute Gasteiger partial charge is 0.246 e. The van der Waals surface area contributed by atoms with E-state index < -0.39 is 71.0 Å². The molecular weight excluding hydrogens is 965 g/mol. The van der Waals surface area contributed by atoms with Gasteiger partial charge in [-0.05, 0) is 118 Å². The highest BCUT2D eigenvalue weighted by atomic mass is 16.2. The van der Waals surface area contributed by atoms with E-state index in [1.165, 1.54) is 20.9 Å². The first kappa shape index (κ1) is 59.4. The Morgan fingerprint density at radius 1 is 0.579 bits per heavy atom. The number of fused-ring (bicyclic) bond motifs is 2. The molecule has 4 aliphatic rings. The summed E-state index contributed by atoms with van der Waals surface area (Å²) in [5, 5.41) is 21.3. The van der Waals surface area contributed by atoms with Crippen molar-refractivity contribution >= 4 is 47.3 Å². The van der Waals surface area contributed by atoms with Gasteiger partial charge in [-0.1, -0.05) is 109 Å². The summed E-state index contributed by atoms with van der Waals surface area (Å²) in [6.07, 6.45) is 9.76. The second-order valence-electron chi connectivity index (χ2n) is 24.0. The number of amides is 8. The van der Waals surface area contributed by atoms with Gasteiger partial charge in [-0.25, -0.2) is 0 Å². The Labute approximate surface area is 450 Å². The molecule has 0 bridgehead atoms. The molecule has 2 aliphatic carbocycles. The van der Waals surface area contributed by atoms with Crippen molar-refractivity contribution in [1.29, 1.82) is 0 Å². The fraction of sp³-hybridized carbons (Fsp3) is 0.655. The zero-order chi connectivity index (χ0) is 55.5. The first-order valence-electron chi connectivity index (χ1n) is 28.0. The zero-order valence-electron chi connectivity index (χ0n) is 46.7. The molecule has 2 aromatic carbocycles. The molecule has 0 unspecified atom stereocenters. The molecule has 418 valence electrons. The summed E-state index contributed by atoms with van der Waals surface area (Å²) in [6, 6.07) is 9.81. The van der Waals surface area contributed by atoms with Gasteiger partial charge in [0.15, 0.2) is 0 Å². The van der Waals surface area contributed by atoms with Gasteiger partial charge in [0, 0.05) is 38.0 Å². The zero-order valence-corrected chi connectivity index (χ0v) is 46.7. The Balaban J connectivity index is 0.996. The van der Waals surface area contributed by atoms with Gasteiger partial charge in [-0.3, -0.25) is 38.4 Å². The third-order valence-electron chi connectivity index (χ3n) is 15.7. The van der Waals surface area contributed by atoms with Crippen LogP contribution in [0.2, 0.25) is 0 Å². The van der Waals surface area contributed by atoms with Crippen LogP contribution in [0.15, 0.2) is 48.5 Å². The predicted octanol–water partition coefficient (Wildman–Crippen LogP) is 4.29. The highest BCUT2D eigenvalue weighted by Gasteiger charge is 2.48. The summed E-state index contributed by atoms with van der Waals surface area (Å²) >= 11 is 0. The molecule has 18 nitrogen and oxygen atoms in total. The Bertz CT molecular complexity index is 2400. The van der Waals surface area contributed by atoms with Gasteiger partial charge in [0.05, 0.1) is 24.2 Å². The number of likely N-dealkylation sites (tertiary alicyclic amines) is 2. The maximum Gasteiger partial charge on any atom is 0.246 e. The predicted molar refractivity (Wildman–Crippen MR) is 292 cm³/mol. The number of nitrogens with two attached hydrogens (primary N) is 1. The average molecular weight is 1050 g/mol. The molecule has 0 spiro atoms. The number of carbonyl (C=O) groups is 8. The van der Waals surface area contributed by atoms with Crippen molar-refractivity contribution in [2.75, 3.05) is 20.1 Å². The van der Waals surface area contributed by atoms with E-state index in [9.17, 15) is 38.4 Å². The second-order valence-corrected chi connectivity index (χ2v) is 24.0. The number of nitrogens with zero attached hydrogens (tertiary/aromatic N) is 2. The van der Waals surface area contributed by atoms with Crippen LogP contribution < -0.4 is 43.0 Å². The molecule has 9 N–H and O–H groups in total. The topological polar surface area (TPSA) is 253 Å². The number of unbranched alkanes of at least 4 members (excludes halogenated alkanes) is 4. The number of carbonyl (C=O) groups excluding carboxylic acids is 8. The summed E-state index contributed by atoms with van der Waals surface area (Å²) in [6.45, 7) is 14.7. The molecule has 2 saturated heterocycles. The van der Waals surface area contributed by atoms with Gasteiger partial charge in [0.1, 0.15) is 24.2 Å². The fourth-order valence-electron chi connectivity index (χ4n) is 11.2. The number of likely N-dealkylation sites (N-methyl/N-ethyl adjacent to an activating group) is 1. The molecule has 0 aromatic heterocycles. The molecule has 8 amide bonds. The average Bonchev–Trinajstić information content (AvgIpc) is 4.00. The van der Waals surface area contributed by atoms with Crippen LogP contribution in [0.3, 0.4) is 0 Å². The molecule has 6 rings (SSSR count). The molecule has 2 heterocycles. The standard InChI is InChI=1S/C58H88N10O8/c1-35(59)51(71)65-49(57(3,4)5)55(75)67-33-39(31-45(67)53(73)63-43-27-19-23-37-21-15-17-25-41(37)43)61-47(69)29-13-11-10-12-14-30-48(70)62-40-32-46(54(74)64-44-28-20-24-38-22-16-18-26-42(38)44)68(34-40)56(76)50(58(6,7)8)66-52(72)36(2)60-9/h15-18,21-22,25-26,35-36,39-40,43-46,49-50,60H,10-14,19-20,23-24,27-34,59H2,1-9H3,(H,61,69)(H,62,70)(H,63,73)(H,64,74)(H,65,71)(H,66,72)/t35-,36-,39-,40-,43+,44+,45-,46-,49+,50+/m0/s1. The van der Waals surface area contributed by atoms with Gasteiger partial charge < -0.3 is 52.8 Å². The SMILES string of the molecule is CN[C@@H](C)C(=O)N[C@H](C(=O)N1C[C@@H](NC(=O)CCCCCCCC(=O)N[C@H]2C[C@@H](C(=O)N[C@@H]3CCCc4ccccc43)N(C(=O)[C@@H](NC(=O)[C@H](C)N)C(C)(C)C)C2)C[C@H]1C(=O)N[C@@H]1CCCc2ccccc21)C(C)(C)C. The lowest BCUT2D eigenvalue weighted by Crippen LogP contribution is -2.59. The van der Waals surface area contributed by atoms with Crippen LogP contribution >= 0.6 is 0 Å². The number of nitrogens with one attached hydrogen (secondary N) is 7. The highest BCUT2D eigenvalue weighted by molar-refractivity contribution is 5.95. The van der Waals surface area contributed by atoms with Gasteiger partial charge in [-0.15, -0.1) is 0 Å². The highest BCUT2D eigenvalue weighted by Crippen LogP contribution is 2.34. The summed E-state index contributed by atoms with van der Waals surface area (Å²) < 4.78 is 0. The number of aryl methyl sites for hydroxylation is 2. The Morgan fingerprint density at radius 2 is 0.974 bits per heavy atom. The molecule has 0 saturated carbocycles. The number of rotatable bonds is 21. The monoisotopic (exact) mass is 1050 g/mol. The lowest BCUT2D eigenvalue weighted by atomic mass is 9.85. The number of benzene rings is 2. The molecule has 0 radical (unpaired) electrons. The summed E-state index contributed by atoms with van der Waals surface area (Å²) in [7, 11) is 1.67. The third-order valence-corrected chi connectivity index (χ3v) is 15.7. The normalized spacial score (nSPS) is 22.9. The van der Waals surface area contributed by atoms with Gasteiger partial charge in [0.2, 0.25) is 47.3 Å². The fourth-order valence-corrected chi connectivity index (χ4v) is 11.2. The van der Waals surface area contributed by atoms with Crippen molar-refractivity contribution in [1.82, 2.24) is 47.0 Å². The van der Waals surface area contributed by atoms with E-state index in [-0.39, 0.29) is 86.3 Å². The van der Waals surface area contributed by atoms with E-state index in [1.807, 2.05) is 77.9 Å². The molecular formula is C58H88N10O8. The van der Waals surface area contributed by atoms with E-state index in [4.69, 9.17) is 5.73 Å².